The van der Waals surface area contributed by atoms with Crippen LogP contribution in [0.2, 0.25) is 0 Å². The van der Waals surface area contributed by atoms with Crippen LogP contribution >= 0.6 is 11.8 Å². The average molecular weight is 290 g/mol. The molecule has 3 aromatic rings. The molecule has 1 aromatic carbocycles. The zero-order valence-electron chi connectivity index (χ0n) is 10.5. The normalized spacial score (nSPS) is 12.8. The van der Waals surface area contributed by atoms with Gasteiger partial charge in [0.2, 0.25) is 0 Å². The number of imidazole rings is 1. The maximum atomic E-state index is 14.0. The molecule has 0 bridgehead atoms. The van der Waals surface area contributed by atoms with Crippen LogP contribution in [0.3, 0.4) is 0 Å². The van der Waals surface area contributed by atoms with Gasteiger partial charge in [-0.15, -0.1) is 0 Å². The van der Waals surface area contributed by atoms with E-state index in [-0.39, 0.29) is 5.82 Å². The summed E-state index contributed by atoms with van der Waals surface area (Å²) in [4.78, 5) is 15.5. The fourth-order valence-corrected chi connectivity index (χ4v) is 2.95. The molecule has 20 heavy (non-hydrogen) atoms. The van der Waals surface area contributed by atoms with Crippen molar-refractivity contribution in [3.8, 4) is 0 Å². The van der Waals surface area contributed by atoms with Crippen LogP contribution in [0, 0.1) is 5.82 Å². The summed E-state index contributed by atoms with van der Waals surface area (Å²) in [6.45, 7) is 1.60. The molecule has 0 saturated heterocycles. The molecule has 3 rings (SSSR count). The van der Waals surface area contributed by atoms with E-state index in [2.05, 4.69) is 19.9 Å². The number of aromatic amines is 1. The van der Waals surface area contributed by atoms with Gasteiger partial charge in [-0.1, -0.05) is 23.9 Å². The van der Waals surface area contributed by atoms with Gasteiger partial charge in [0.15, 0.2) is 5.65 Å². The summed E-state index contributed by atoms with van der Waals surface area (Å²) in [6.07, 6.45) is 2.14. The Balaban J connectivity index is 2.09. The molecule has 1 atom stereocenters. The molecular formula is C13H11FN4OS. The van der Waals surface area contributed by atoms with Crippen molar-refractivity contribution in [3.63, 3.8) is 0 Å². The number of H-pyrrole nitrogens is 1. The van der Waals surface area contributed by atoms with Crippen LogP contribution in [0.4, 0.5) is 4.39 Å². The monoisotopic (exact) mass is 290 g/mol. The Labute approximate surface area is 118 Å². The highest BCUT2D eigenvalue weighted by Crippen LogP contribution is 2.36. The molecule has 5 nitrogen and oxygen atoms in total. The van der Waals surface area contributed by atoms with Gasteiger partial charge in [0.1, 0.15) is 22.7 Å². The summed E-state index contributed by atoms with van der Waals surface area (Å²) in [6, 6.07) is 4.63. The number of hydrogen-bond donors (Lipinski definition) is 2. The molecule has 0 aliphatic heterocycles. The largest absolute Gasteiger partial charge is 0.389 e. The molecule has 0 fully saturated rings. The molecule has 7 heteroatoms. The van der Waals surface area contributed by atoms with Crippen molar-refractivity contribution in [1.82, 2.24) is 19.9 Å². The molecular weight excluding hydrogens is 279 g/mol. The number of benzene rings is 1. The van der Waals surface area contributed by atoms with Crippen LogP contribution in [0.5, 0.6) is 0 Å². The number of aliphatic hydroxyl groups is 1. The van der Waals surface area contributed by atoms with Crippen LogP contribution in [0.25, 0.3) is 11.2 Å². The lowest BCUT2D eigenvalue weighted by Gasteiger charge is -2.12. The second kappa shape index (κ2) is 5.18. The van der Waals surface area contributed by atoms with Gasteiger partial charge in [-0.3, -0.25) is 0 Å². The van der Waals surface area contributed by atoms with Gasteiger partial charge < -0.3 is 10.1 Å². The van der Waals surface area contributed by atoms with E-state index >= 15 is 0 Å². The zero-order chi connectivity index (χ0) is 14.1. The van der Waals surface area contributed by atoms with E-state index in [4.69, 9.17) is 0 Å². The van der Waals surface area contributed by atoms with Crippen molar-refractivity contribution in [2.24, 2.45) is 0 Å². The number of nitrogens with one attached hydrogen (secondary N) is 1. The average Bonchev–Trinajstić information content (AvgIpc) is 2.90. The van der Waals surface area contributed by atoms with Crippen molar-refractivity contribution < 1.29 is 9.50 Å². The van der Waals surface area contributed by atoms with E-state index in [0.717, 1.165) is 11.8 Å². The summed E-state index contributed by atoms with van der Waals surface area (Å²) >= 11 is 1.15. The van der Waals surface area contributed by atoms with Gasteiger partial charge in [0.25, 0.3) is 0 Å². The molecule has 0 radical (unpaired) electrons. The van der Waals surface area contributed by atoms with Crippen molar-refractivity contribution in [3.05, 3.63) is 42.2 Å². The minimum absolute atomic E-state index is 0.358. The lowest BCUT2D eigenvalue weighted by atomic mass is 10.1. The van der Waals surface area contributed by atoms with Crippen molar-refractivity contribution in [1.29, 1.82) is 0 Å². The van der Waals surface area contributed by atoms with Crippen LogP contribution in [-0.2, 0) is 0 Å². The summed E-state index contributed by atoms with van der Waals surface area (Å²) in [7, 11) is 0. The van der Waals surface area contributed by atoms with Gasteiger partial charge in [-0.25, -0.2) is 19.3 Å². The van der Waals surface area contributed by atoms with Crippen LogP contribution in [0.15, 0.2) is 40.8 Å². The highest BCUT2D eigenvalue weighted by Gasteiger charge is 2.16. The molecule has 2 heterocycles. The van der Waals surface area contributed by atoms with Gasteiger partial charge in [0, 0.05) is 0 Å². The molecule has 0 saturated carbocycles. The first-order chi connectivity index (χ1) is 9.66. The summed E-state index contributed by atoms with van der Waals surface area (Å²) in [5.41, 5.74) is 1.70. The number of fused-ring (bicyclic) bond motifs is 1. The van der Waals surface area contributed by atoms with Crippen LogP contribution in [0.1, 0.15) is 18.6 Å². The van der Waals surface area contributed by atoms with E-state index in [1.165, 1.54) is 18.7 Å². The van der Waals surface area contributed by atoms with Gasteiger partial charge in [-0.05, 0) is 18.6 Å². The lowest BCUT2D eigenvalue weighted by Crippen LogP contribution is -1.97. The molecule has 102 valence electrons. The van der Waals surface area contributed by atoms with Gasteiger partial charge in [0.05, 0.1) is 17.3 Å². The fourth-order valence-electron chi connectivity index (χ4n) is 1.88. The SMILES string of the molecule is CC(O)c1cccc(F)c1Sc1ncnc2nc[nH]c12. The third-order valence-corrected chi connectivity index (χ3v) is 3.97. The first-order valence-corrected chi connectivity index (χ1v) is 6.77. The molecule has 1 unspecified atom stereocenters. The Kier molecular flexibility index (Phi) is 3.37. The fraction of sp³-hybridized carbons (Fsp3) is 0.154. The summed E-state index contributed by atoms with van der Waals surface area (Å²) in [5.74, 6) is -0.389. The number of halogens is 1. The minimum Gasteiger partial charge on any atom is -0.389 e. The standard InChI is InChI=1S/C13H11FN4OS/c1-7(19)8-3-2-4-9(14)11(8)20-13-10-12(16-5-15-10)17-6-18-13/h2-7,19H,1H3,(H,15,16,17,18). The molecule has 2 N–H and O–H groups in total. The molecule has 0 amide bonds. The first-order valence-electron chi connectivity index (χ1n) is 5.95. The van der Waals surface area contributed by atoms with E-state index in [9.17, 15) is 9.50 Å². The van der Waals surface area contributed by atoms with Gasteiger partial charge >= 0.3 is 0 Å². The Hall–Kier alpha value is -1.99. The number of nitrogens with zero attached hydrogens (tertiary/aromatic N) is 3. The predicted molar refractivity (Wildman–Crippen MR) is 72.8 cm³/mol. The smallest absolute Gasteiger partial charge is 0.181 e. The number of hydrogen-bond acceptors (Lipinski definition) is 5. The molecule has 2 aromatic heterocycles. The zero-order valence-corrected chi connectivity index (χ0v) is 11.4. The second-order valence-corrected chi connectivity index (χ2v) is 5.22. The Morgan fingerprint density at radius 3 is 2.95 bits per heavy atom. The number of aliphatic hydroxyl groups excluding tert-OH is 1. The number of rotatable bonds is 3. The van der Waals surface area contributed by atoms with E-state index in [0.29, 0.717) is 26.6 Å². The van der Waals surface area contributed by atoms with Crippen molar-refractivity contribution in [2.75, 3.05) is 0 Å². The Morgan fingerprint density at radius 1 is 1.30 bits per heavy atom. The maximum absolute atomic E-state index is 14.0. The Bertz CT molecular complexity index is 759. The van der Waals surface area contributed by atoms with Crippen LogP contribution in [-0.4, -0.2) is 25.0 Å². The maximum Gasteiger partial charge on any atom is 0.181 e. The third-order valence-electron chi connectivity index (χ3n) is 2.83. The topological polar surface area (TPSA) is 74.7 Å². The molecule has 0 spiro atoms. The first kappa shape index (κ1) is 13.0. The van der Waals surface area contributed by atoms with Crippen molar-refractivity contribution in [2.45, 2.75) is 22.9 Å². The molecule has 0 aliphatic carbocycles. The Morgan fingerprint density at radius 2 is 2.15 bits per heavy atom. The quantitative estimate of drug-likeness (QED) is 0.725. The van der Waals surface area contributed by atoms with Gasteiger partial charge in [-0.2, -0.15) is 0 Å². The summed E-state index contributed by atoms with van der Waals surface area (Å²) < 4.78 is 14.0. The van der Waals surface area contributed by atoms with Crippen molar-refractivity contribution >= 4 is 22.9 Å². The number of aromatic nitrogens is 4. The molecule has 0 aliphatic rings. The van der Waals surface area contributed by atoms with Crippen LogP contribution < -0.4 is 0 Å². The van der Waals surface area contributed by atoms with E-state index in [1.54, 1.807) is 19.1 Å². The highest BCUT2D eigenvalue weighted by atomic mass is 32.2. The second-order valence-electron chi connectivity index (χ2n) is 4.22. The van der Waals surface area contributed by atoms with E-state index < -0.39 is 6.10 Å². The minimum atomic E-state index is -0.757. The summed E-state index contributed by atoms with van der Waals surface area (Å²) in [5, 5.41) is 10.3. The third kappa shape index (κ3) is 2.25. The van der Waals surface area contributed by atoms with E-state index in [1.807, 2.05) is 0 Å². The lowest BCUT2D eigenvalue weighted by molar-refractivity contribution is 0.195. The predicted octanol–water partition coefficient (Wildman–Crippen LogP) is 2.70. The highest BCUT2D eigenvalue weighted by molar-refractivity contribution is 7.99.